The van der Waals surface area contributed by atoms with E-state index >= 15 is 0 Å². The molecule has 0 atom stereocenters. The summed E-state index contributed by atoms with van der Waals surface area (Å²) < 4.78 is 5.20. The molecule has 0 amide bonds. The van der Waals surface area contributed by atoms with E-state index in [2.05, 4.69) is 0 Å². The fourth-order valence-corrected chi connectivity index (χ4v) is 1.56. The van der Waals surface area contributed by atoms with Crippen molar-refractivity contribution < 1.29 is 14.6 Å². The second kappa shape index (κ2) is 6.28. The maximum atomic E-state index is 11.4. The van der Waals surface area contributed by atoms with Crippen molar-refractivity contribution in [2.24, 2.45) is 0 Å². The Bertz CT molecular complexity index is 338. The normalized spacial score (nSPS) is 10.2. The van der Waals surface area contributed by atoms with E-state index < -0.39 is 0 Å². The lowest BCUT2D eigenvalue weighted by atomic mass is 10.1. The first-order valence-electron chi connectivity index (χ1n) is 5.51. The second-order valence-electron chi connectivity index (χ2n) is 3.98. The average molecular weight is 222 g/mol. The van der Waals surface area contributed by atoms with Crippen LogP contribution in [0.3, 0.4) is 0 Å². The molecular formula is C13H18O3. The predicted octanol–water partition coefficient (Wildman–Crippen LogP) is 2.37. The first-order valence-corrected chi connectivity index (χ1v) is 5.51. The Morgan fingerprint density at radius 1 is 1.19 bits per heavy atom. The number of aliphatic hydroxyl groups excluding tert-OH is 1. The predicted molar refractivity (Wildman–Crippen MR) is 62.5 cm³/mol. The lowest BCUT2D eigenvalue weighted by molar-refractivity contribution is -0.134. The molecule has 1 N–H and O–H groups in total. The van der Waals surface area contributed by atoms with Crippen molar-refractivity contribution in [3.8, 4) is 5.75 Å². The highest BCUT2D eigenvalue weighted by atomic mass is 16.5. The van der Waals surface area contributed by atoms with E-state index in [-0.39, 0.29) is 12.6 Å². The number of hydrogen-bond acceptors (Lipinski definition) is 3. The van der Waals surface area contributed by atoms with Gasteiger partial charge in [0, 0.05) is 13.0 Å². The number of benzene rings is 1. The molecule has 0 bridgehead atoms. The number of esters is 1. The smallest absolute Gasteiger partial charge is 0.311 e. The fourth-order valence-electron chi connectivity index (χ4n) is 1.56. The molecule has 0 aliphatic carbocycles. The Balaban J connectivity index is 2.49. The summed E-state index contributed by atoms with van der Waals surface area (Å²) in [5, 5.41) is 8.59. The molecule has 3 heteroatoms. The van der Waals surface area contributed by atoms with Gasteiger partial charge in [0.2, 0.25) is 0 Å². The third-order valence-corrected chi connectivity index (χ3v) is 2.22. The molecule has 0 unspecified atom stereocenters. The van der Waals surface area contributed by atoms with Gasteiger partial charge in [-0.25, -0.2) is 0 Å². The van der Waals surface area contributed by atoms with E-state index in [1.54, 1.807) is 0 Å². The molecule has 1 rings (SSSR count). The summed E-state index contributed by atoms with van der Waals surface area (Å²) in [6.45, 7) is 4.06. The van der Waals surface area contributed by atoms with Gasteiger partial charge in [-0.1, -0.05) is 6.07 Å². The lowest BCUT2D eigenvalue weighted by Gasteiger charge is -2.06. The Morgan fingerprint density at radius 2 is 1.81 bits per heavy atom. The zero-order valence-electron chi connectivity index (χ0n) is 9.82. The minimum absolute atomic E-state index is 0.122. The van der Waals surface area contributed by atoms with Gasteiger partial charge in [-0.3, -0.25) is 4.79 Å². The Morgan fingerprint density at radius 3 is 2.38 bits per heavy atom. The van der Waals surface area contributed by atoms with Gasteiger partial charge in [-0.05, 0) is 49.9 Å². The summed E-state index contributed by atoms with van der Waals surface area (Å²) in [5.74, 6) is 0.366. The molecular weight excluding hydrogens is 204 g/mol. The standard InChI is InChI=1S/C13H18O3/c1-10-7-11(2)9-12(8-10)16-13(15)5-3-4-6-14/h7-9,14H,3-6H2,1-2H3. The van der Waals surface area contributed by atoms with E-state index in [0.717, 1.165) is 11.1 Å². The van der Waals surface area contributed by atoms with Crippen LogP contribution in [0, 0.1) is 13.8 Å². The van der Waals surface area contributed by atoms with Crippen LogP contribution in [0.1, 0.15) is 30.4 Å². The molecule has 0 aromatic heterocycles. The molecule has 1 aromatic carbocycles. The van der Waals surface area contributed by atoms with Crippen molar-refractivity contribution in [1.82, 2.24) is 0 Å². The Labute approximate surface area is 96.1 Å². The zero-order chi connectivity index (χ0) is 12.0. The van der Waals surface area contributed by atoms with Crippen LogP contribution in [-0.4, -0.2) is 17.7 Å². The average Bonchev–Trinajstić information content (AvgIpc) is 2.16. The second-order valence-corrected chi connectivity index (χ2v) is 3.98. The summed E-state index contributed by atoms with van der Waals surface area (Å²) in [7, 11) is 0. The molecule has 3 nitrogen and oxygen atoms in total. The molecule has 0 spiro atoms. The summed E-state index contributed by atoms with van der Waals surface area (Å²) in [5.41, 5.74) is 2.16. The minimum atomic E-state index is -0.238. The molecule has 16 heavy (non-hydrogen) atoms. The van der Waals surface area contributed by atoms with E-state index in [0.29, 0.717) is 25.0 Å². The van der Waals surface area contributed by atoms with Crippen LogP contribution in [0.5, 0.6) is 5.75 Å². The maximum Gasteiger partial charge on any atom is 0.311 e. The topological polar surface area (TPSA) is 46.5 Å². The highest BCUT2D eigenvalue weighted by Gasteiger charge is 2.05. The molecule has 0 aliphatic rings. The summed E-state index contributed by atoms with van der Waals surface area (Å²) in [4.78, 5) is 11.4. The van der Waals surface area contributed by atoms with Crippen molar-refractivity contribution >= 4 is 5.97 Å². The van der Waals surface area contributed by atoms with Crippen molar-refractivity contribution in [1.29, 1.82) is 0 Å². The monoisotopic (exact) mass is 222 g/mol. The fraction of sp³-hybridized carbons (Fsp3) is 0.462. The van der Waals surface area contributed by atoms with Crippen molar-refractivity contribution in [2.75, 3.05) is 6.61 Å². The number of ether oxygens (including phenoxy) is 1. The number of hydrogen-bond donors (Lipinski definition) is 1. The van der Waals surface area contributed by atoms with Gasteiger partial charge in [0.15, 0.2) is 0 Å². The number of unbranched alkanes of at least 4 members (excludes halogenated alkanes) is 1. The van der Waals surface area contributed by atoms with Crippen molar-refractivity contribution in [3.63, 3.8) is 0 Å². The number of aliphatic hydroxyl groups is 1. The van der Waals surface area contributed by atoms with E-state index in [1.165, 1.54) is 0 Å². The van der Waals surface area contributed by atoms with Crippen LogP contribution in [-0.2, 0) is 4.79 Å². The number of rotatable bonds is 5. The molecule has 0 saturated heterocycles. The van der Waals surface area contributed by atoms with Crippen molar-refractivity contribution in [2.45, 2.75) is 33.1 Å². The number of carbonyl (C=O) groups is 1. The van der Waals surface area contributed by atoms with Crippen LogP contribution in [0.4, 0.5) is 0 Å². The largest absolute Gasteiger partial charge is 0.427 e. The minimum Gasteiger partial charge on any atom is -0.427 e. The van der Waals surface area contributed by atoms with Crippen LogP contribution in [0.2, 0.25) is 0 Å². The third-order valence-electron chi connectivity index (χ3n) is 2.22. The first-order chi connectivity index (χ1) is 7.61. The van der Waals surface area contributed by atoms with Gasteiger partial charge in [-0.15, -0.1) is 0 Å². The Kier molecular flexibility index (Phi) is 4.99. The maximum absolute atomic E-state index is 11.4. The van der Waals surface area contributed by atoms with Gasteiger partial charge in [0.05, 0.1) is 0 Å². The quantitative estimate of drug-likeness (QED) is 0.472. The van der Waals surface area contributed by atoms with Gasteiger partial charge in [0.1, 0.15) is 5.75 Å². The summed E-state index contributed by atoms with van der Waals surface area (Å²) >= 11 is 0. The molecule has 0 heterocycles. The van der Waals surface area contributed by atoms with E-state index in [4.69, 9.17) is 9.84 Å². The first kappa shape index (κ1) is 12.7. The number of aryl methyl sites for hydroxylation is 2. The van der Waals surface area contributed by atoms with E-state index in [1.807, 2.05) is 32.0 Å². The van der Waals surface area contributed by atoms with Crippen LogP contribution in [0.25, 0.3) is 0 Å². The molecule has 0 saturated carbocycles. The molecule has 88 valence electrons. The highest BCUT2D eigenvalue weighted by Crippen LogP contribution is 2.17. The molecule has 0 aliphatic heterocycles. The van der Waals surface area contributed by atoms with Gasteiger partial charge >= 0.3 is 5.97 Å². The summed E-state index contributed by atoms with van der Waals surface area (Å²) in [6, 6.07) is 5.72. The molecule has 0 radical (unpaired) electrons. The van der Waals surface area contributed by atoms with Crippen LogP contribution in [0.15, 0.2) is 18.2 Å². The van der Waals surface area contributed by atoms with Gasteiger partial charge in [0.25, 0.3) is 0 Å². The highest BCUT2D eigenvalue weighted by molar-refractivity contribution is 5.72. The SMILES string of the molecule is Cc1cc(C)cc(OC(=O)CCCCO)c1. The Hall–Kier alpha value is -1.35. The summed E-state index contributed by atoms with van der Waals surface area (Å²) in [6.07, 6.45) is 1.66. The van der Waals surface area contributed by atoms with E-state index in [9.17, 15) is 4.79 Å². The van der Waals surface area contributed by atoms with Gasteiger partial charge in [-0.2, -0.15) is 0 Å². The lowest BCUT2D eigenvalue weighted by Crippen LogP contribution is -2.08. The van der Waals surface area contributed by atoms with Crippen LogP contribution < -0.4 is 4.74 Å². The molecule has 1 aromatic rings. The zero-order valence-corrected chi connectivity index (χ0v) is 9.82. The number of carbonyl (C=O) groups excluding carboxylic acids is 1. The van der Waals surface area contributed by atoms with Gasteiger partial charge < -0.3 is 9.84 Å². The molecule has 0 fully saturated rings. The van der Waals surface area contributed by atoms with Crippen LogP contribution >= 0.6 is 0 Å². The third kappa shape index (κ3) is 4.45. The van der Waals surface area contributed by atoms with Crippen molar-refractivity contribution in [3.05, 3.63) is 29.3 Å².